The Morgan fingerprint density at radius 3 is 2.24 bits per heavy atom. The van der Waals surface area contributed by atoms with Crippen molar-refractivity contribution in [3.8, 4) is 16.9 Å². The third-order valence-corrected chi connectivity index (χ3v) is 3.80. The fourth-order valence-corrected chi connectivity index (χ4v) is 2.74. The lowest BCUT2D eigenvalue weighted by molar-refractivity contribution is -0.274. The Morgan fingerprint density at radius 1 is 1.03 bits per heavy atom. The zero-order chi connectivity index (χ0) is 21.4. The Kier molecular flexibility index (Phi) is 5.16. The fourth-order valence-electron chi connectivity index (χ4n) is 2.74. The van der Waals surface area contributed by atoms with E-state index in [1.807, 2.05) is 0 Å². The molecule has 0 radical (unpaired) electrons. The maximum absolute atomic E-state index is 12.3. The van der Waals surface area contributed by atoms with Crippen LogP contribution in [-0.2, 0) is 16.1 Å². The molecule has 1 aromatic heterocycles. The summed E-state index contributed by atoms with van der Waals surface area (Å²) in [6, 6.07) is 10.1. The molecule has 3 rings (SSSR count). The number of benzene rings is 2. The van der Waals surface area contributed by atoms with Crippen molar-refractivity contribution in [3.63, 3.8) is 0 Å². The molecule has 0 aliphatic carbocycles. The van der Waals surface area contributed by atoms with Gasteiger partial charge in [-0.1, -0.05) is 18.2 Å². The Balaban J connectivity index is 1.91. The molecule has 3 aromatic rings. The Bertz CT molecular complexity index is 1090. The van der Waals surface area contributed by atoms with Gasteiger partial charge in [-0.25, -0.2) is 4.79 Å². The van der Waals surface area contributed by atoms with Crippen molar-refractivity contribution < 1.29 is 31.9 Å². The summed E-state index contributed by atoms with van der Waals surface area (Å²) < 4.78 is 52.3. The van der Waals surface area contributed by atoms with E-state index in [1.165, 1.54) is 24.3 Å². The monoisotopic (exact) mass is 409 g/mol. The number of carbonyl (C=O) groups excluding carboxylic acids is 1. The number of esters is 1. The highest BCUT2D eigenvalue weighted by atomic mass is 19.4. The fraction of sp³-hybridized carbons (Fsp3) is 0.300. The average molecular weight is 409 g/mol. The first-order chi connectivity index (χ1) is 13.4. The van der Waals surface area contributed by atoms with E-state index in [4.69, 9.17) is 9.15 Å². The van der Waals surface area contributed by atoms with Gasteiger partial charge in [0.05, 0.1) is 5.52 Å². The first-order valence-electron chi connectivity index (χ1n) is 8.63. The number of fused-ring (bicyclic) bond motifs is 1. The highest BCUT2D eigenvalue weighted by Gasteiger charge is 2.31. The summed E-state index contributed by atoms with van der Waals surface area (Å²) in [6.45, 7) is 4.81. The smallest absolute Gasteiger partial charge is 0.459 e. The number of oxazole rings is 1. The highest BCUT2D eigenvalue weighted by Crippen LogP contribution is 2.28. The minimum atomic E-state index is -4.77. The third-order valence-electron chi connectivity index (χ3n) is 3.80. The standard InChI is InChI=1S/C20H18F3NO5/c1-19(2,3)29-17(25)11-24-15-10-13(6-9-16(15)27-18(24)26)12-4-7-14(8-5-12)28-20(21,22)23/h4-10H,11H2,1-3H3. The number of ether oxygens (including phenoxy) is 2. The second-order valence-electron chi connectivity index (χ2n) is 7.30. The van der Waals surface area contributed by atoms with Crippen LogP contribution in [0.2, 0.25) is 0 Å². The SMILES string of the molecule is CC(C)(C)OC(=O)Cn1c(=O)oc2ccc(-c3ccc(OC(F)(F)F)cc3)cc21. The van der Waals surface area contributed by atoms with Crippen LogP contribution in [0.1, 0.15) is 20.8 Å². The molecule has 0 fully saturated rings. The van der Waals surface area contributed by atoms with Gasteiger partial charge in [0.25, 0.3) is 0 Å². The molecule has 29 heavy (non-hydrogen) atoms. The molecule has 0 atom stereocenters. The van der Waals surface area contributed by atoms with Crippen LogP contribution in [0, 0.1) is 0 Å². The summed E-state index contributed by atoms with van der Waals surface area (Å²) in [7, 11) is 0. The van der Waals surface area contributed by atoms with E-state index in [0.717, 1.165) is 4.57 Å². The van der Waals surface area contributed by atoms with Gasteiger partial charge in [0.1, 0.15) is 17.9 Å². The number of alkyl halides is 3. The van der Waals surface area contributed by atoms with Crippen LogP contribution >= 0.6 is 0 Å². The zero-order valence-corrected chi connectivity index (χ0v) is 15.9. The molecule has 0 unspecified atom stereocenters. The summed E-state index contributed by atoms with van der Waals surface area (Å²) in [5.41, 5.74) is 1.16. The predicted octanol–water partition coefficient (Wildman–Crippen LogP) is 4.50. The normalized spacial score (nSPS) is 12.2. The van der Waals surface area contributed by atoms with Gasteiger partial charge in [-0.15, -0.1) is 13.2 Å². The predicted molar refractivity (Wildman–Crippen MR) is 98.4 cm³/mol. The number of carbonyl (C=O) groups is 1. The van der Waals surface area contributed by atoms with E-state index in [2.05, 4.69) is 4.74 Å². The van der Waals surface area contributed by atoms with Gasteiger partial charge in [0.2, 0.25) is 0 Å². The molecule has 154 valence electrons. The van der Waals surface area contributed by atoms with E-state index >= 15 is 0 Å². The molecule has 0 spiro atoms. The minimum Gasteiger partial charge on any atom is -0.459 e. The van der Waals surface area contributed by atoms with E-state index in [9.17, 15) is 22.8 Å². The van der Waals surface area contributed by atoms with Gasteiger partial charge in [0, 0.05) is 0 Å². The Morgan fingerprint density at radius 2 is 1.66 bits per heavy atom. The van der Waals surface area contributed by atoms with Gasteiger partial charge in [-0.2, -0.15) is 0 Å². The van der Waals surface area contributed by atoms with Gasteiger partial charge in [0.15, 0.2) is 5.58 Å². The lowest BCUT2D eigenvalue weighted by atomic mass is 10.1. The van der Waals surface area contributed by atoms with Crippen LogP contribution in [0.25, 0.3) is 22.2 Å². The molecule has 0 saturated heterocycles. The second kappa shape index (κ2) is 7.31. The maximum atomic E-state index is 12.3. The third kappa shape index (κ3) is 5.18. The molecule has 0 N–H and O–H groups in total. The number of hydrogen-bond donors (Lipinski definition) is 0. The van der Waals surface area contributed by atoms with Crippen molar-refractivity contribution >= 4 is 17.1 Å². The van der Waals surface area contributed by atoms with Crippen molar-refractivity contribution in [1.29, 1.82) is 0 Å². The molecule has 1 heterocycles. The number of rotatable bonds is 4. The molecule has 9 heteroatoms. The largest absolute Gasteiger partial charge is 0.573 e. The van der Waals surface area contributed by atoms with Crippen molar-refractivity contribution in [1.82, 2.24) is 4.57 Å². The molecule has 0 saturated carbocycles. The first-order valence-corrected chi connectivity index (χ1v) is 8.63. The van der Waals surface area contributed by atoms with E-state index < -0.39 is 23.7 Å². The van der Waals surface area contributed by atoms with Crippen LogP contribution in [0.5, 0.6) is 5.75 Å². The van der Waals surface area contributed by atoms with Crippen LogP contribution < -0.4 is 10.5 Å². The maximum Gasteiger partial charge on any atom is 0.573 e. The van der Waals surface area contributed by atoms with Gasteiger partial charge >= 0.3 is 18.1 Å². The van der Waals surface area contributed by atoms with Crippen molar-refractivity contribution in [2.75, 3.05) is 0 Å². The Labute approximate surface area is 163 Å². The molecular formula is C20H18F3NO5. The van der Waals surface area contributed by atoms with Crippen LogP contribution in [0.3, 0.4) is 0 Å². The number of hydrogen-bond acceptors (Lipinski definition) is 5. The van der Waals surface area contributed by atoms with Crippen LogP contribution in [0.15, 0.2) is 51.7 Å². The van der Waals surface area contributed by atoms with E-state index in [-0.39, 0.29) is 17.9 Å². The summed E-state index contributed by atoms with van der Waals surface area (Å²) in [5.74, 6) is -1.65. The zero-order valence-electron chi connectivity index (χ0n) is 15.9. The van der Waals surface area contributed by atoms with Gasteiger partial charge in [-0.3, -0.25) is 9.36 Å². The van der Waals surface area contributed by atoms with Crippen molar-refractivity contribution in [2.24, 2.45) is 0 Å². The number of nitrogens with zero attached hydrogens (tertiary/aromatic N) is 1. The van der Waals surface area contributed by atoms with Gasteiger partial charge in [-0.05, 0) is 56.2 Å². The van der Waals surface area contributed by atoms with E-state index in [0.29, 0.717) is 16.6 Å². The van der Waals surface area contributed by atoms with Gasteiger partial charge < -0.3 is 13.9 Å². The second-order valence-corrected chi connectivity index (χ2v) is 7.30. The summed E-state index contributed by atoms with van der Waals surface area (Å²) >= 11 is 0. The molecule has 0 aliphatic rings. The summed E-state index contributed by atoms with van der Waals surface area (Å²) in [5, 5.41) is 0. The molecule has 6 nitrogen and oxygen atoms in total. The first kappa shape index (κ1) is 20.5. The summed E-state index contributed by atoms with van der Waals surface area (Å²) in [4.78, 5) is 24.2. The minimum absolute atomic E-state index is 0.277. The molecule has 2 aromatic carbocycles. The Hall–Kier alpha value is -3.23. The topological polar surface area (TPSA) is 70.7 Å². The van der Waals surface area contributed by atoms with Crippen molar-refractivity contribution in [3.05, 3.63) is 53.0 Å². The molecule has 0 amide bonds. The quantitative estimate of drug-likeness (QED) is 0.594. The van der Waals surface area contributed by atoms with E-state index in [1.54, 1.807) is 39.0 Å². The summed E-state index contributed by atoms with van der Waals surface area (Å²) in [6.07, 6.45) is -4.77. The van der Waals surface area contributed by atoms with Crippen LogP contribution in [-0.4, -0.2) is 22.5 Å². The van der Waals surface area contributed by atoms with Crippen LogP contribution in [0.4, 0.5) is 13.2 Å². The average Bonchev–Trinajstić information content (AvgIpc) is 2.87. The molecule has 0 bridgehead atoms. The van der Waals surface area contributed by atoms with Crippen molar-refractivity contribution in [2.45, 2.75) is 39.3 Å². The lowest BCUT2D eigenvalue weighted by Crippen LogP contribution is -2.29. The number of halogens is 3. The lowest BCUT2D eigenvalue weighted by Gasteiger charge is -2.19. The highest BCUT2D eigenvalue weighted by molar-refractivity contribution is 5.82. The number of aromatic nitrogens is 1. The molecule has 0 aliphatic heterocycles. The molecular weight excluding hydrogens is 391 g/mol.